The second-order valence-corrected chi connectivity index (χ2v) is 6.65. The van der Waals surface area contributed by atoms with E-state index in [1.54, 1.807) is 0 Å². The first-order valence-electron chi connectivity index (χ1n) is 4.89. The van der Waals surface area contributed by atoms with Crippen molar-refractivity contribution in [1.82, 2.24) is 0 Å². The summed E-state index contributed by atoms with van der Waals surface area (Å²) in [6.45, 7) is 1.17. The second-order valence-electron chi connectivity index (χ2n) is 4.10. The molecule has 1 rings (SSSR count). The minimum absolute atomic E-state index is 0.0201. The smallest absolute Gasteiger partial charge is 0.197 e. The van der Waals surface area contributed by atoms with Gasteiger partial charge >= 0.3 is 0 Å². The Labute approximate surface area is 92.7 Å². The Hall–Kier alpha value is -0.0100. The SMILES string of the molecule is CP(=O)(O)CC[C@H]1O[C@H](O)[C@@H](O)[C@@H](O)[C@@H]1O. The summed E-state index contributed by atoms with van der Waals surface area (Å²) >= 11 is 0. The predicted octanol–water partition coefficient (Wildman–Crippen LogP) is -1.92. The van der Waals surface area contributed by atoms with Crippen LogP contribution in [0, 0.1) is 0 Å². The van der Waals surface area contributed by atoms with Crippen molar-refractivity contribution >= 4 is 7.37 Å². The average Bonchev–Trinajstić information content (AvgIpc) is 2.17. The quantitative estimate of drug-likeness (QED) is 0.372. The van der Waals surface area contributed by atoms with Crippen molar-refractivity contribution in [3.05, 3.63) is 0 Å². The van der Waals surface area contributed by atoms with E-state index in [4.69, 9.17) is 9.63 Å². The van der Waals surface area contributed by atoms with E-state index < -0.39 is 38.1 Å². The molecule has 8 heteroatoms. The van der Waals surface area contributed by atoms with Crippen LogP contribution in [0.3, 0.4) is 0 Å². The molecule has 0 aromatic heterocycles. The summed E-state index contributed by atoms with van der Waals surface area (Å²) in [5.74, 6) is 0. The molecule has 1 heterocycles. The fourth-order valence-corrected chi connectivity index (χ4v) is 2.27. The zero-order chi connectivity index (χ0) is 12.5. The van der Waals surface area contributed by atoms with Crippen LogP contribution in [0.25, 0.3) is 0 Å². The molecule has 1 aliphatic rings. The van der Waals surface area contributed by atoms with Gasteiger partial charge in [0.2, 0.25) is 0 Å². The zero-order valence-corrected chi connectivity index (χ0v) is 9.70. The molecule has 6 atom stereocenters. The molecule has 1 unspecified atom stereocenters. The maximum atomic E-state index is 11.0. The Morgan fingerprint density at radius 1 is 1.12 bits per heavy atom. The number of hydrogen-bond donors (Lipinski definition) is 5. The highest BCUT2D eigenvalue weighted by atomic mass is 31.2. The number of aliphatic hydroxyl groups is 4. The molecule has 1 saturated heterocycles. The van der Waals surface area contributed by atoms with E-state index in [1.165, 1.54) is 6.66 Å². The van der Waals surface area contributed by atoms with Gasteiger partial charge in [-0.1, -0.05) is 0 Å². The molecule has 0 radical (unpaired) electrons. The van der Waals surface area contributed by atoms with Gasteiger partial charge in [-0.2, -0.15) is 0 Å². The molecule has 0 bridgehead atoms. The van der Waals surface area contributed by atoms with Gasteiger partial charge in [0.05, 0.1) is 6.10 Å². The van der Waals surface area contributed by atoms with Gasteiger partial charge in [-0.25, -0.2) is 0 Å². The van der Waals surface area contributed by atoms with Gasteiger partial charge in [0.1, 0.15) is 18.3 Å². The van der Waals surface area contributed by atoms with Gasteiger partial charge in [-0.05, 0) is 6.42 Å². The Balaban J connectivity index is 2.57. The molecule has 0 aliphatic carbocycles. The minimum Gasteiger partial charge on any atom is -0.388 e. The maximum Gasteiger partial charge on any atom is 0.197 e. The molecular formula is C8H17O7P. The summed E-state index contributed by atoms with van der Waals surface area (Å²) in [4.78, 5) is 9.06. The summed E-state index contributed by atoms with van der Waals surface area (Å²) in [6, 6.07) is 0. The zero-order valence-electron chi connectivity index (χ0n) is 8.80. The van der Waals surface area contributed by atoms with Crippen molar-refractivity contribution < 1.29 is 34.6 Å². The van der Waals surface area contributed by atoms with Crippen molar-refractivity contribution in [1.29, 1.82) is 0 Å². The molecule has 0 aromatic carbocycles. The van der Waals surface area contributed by atoms with E-state index in [9.17, 15) is 25.0 Å². The lowest BCUT2D eigenvalue weighted by Gasteiger charge is -2.38. The number of rotatable bonds is 3. The first kappa shape index (κ1) is 14.1. The van der Waals surface area contributed by atoms with Crippen LogP contribution in [0.1, 0.15) is 6.42 Å². The average molecular weight is 256 g/mol. The molecule has 16 heavy (non-hydrogen) atoms. The normalized spacial score (nSPS) is 44.0. The molecular weight excluding hydrogens is 239 g/mol. The first-order valence-corrected chi connectivity index (χ1v) is 7.18. The van der Waals surface area contributed by atoms with E-state index in [-0.39, 0.29) is 12.6 Å². The van der Waals surface area contributed by atoms with Crippen LogP contribution in [0.15, 0.2) is 0 Å². The van der Waals surface area contributed by atoms with Gasteiger partial charge in [0.15, 0.2) is 13.7 Å². The summed E-state index contributed by atoms with van der Waals surface area (Å²) in [7, 11) is -3.23. The van der Waals surface area contributed by atoms with E-state index in [0.29, 0.717) is 0 Å². The summed E-state index contributed by atoms with van der Waals surface area (Å²) < 4.78 is 15.9. The highest BCUT2D eigenvalue weighted by Crippen LogP contribution is 2.37. The lowest BCUT2D eigenvalue weighted by atomic mass is 9.97. The Morgan fingerprint density at radius 2 is 1.69 bits per heavy atom. The van der Waals surface area contributed by atoms with E-state index >= 15 is 0 Å². The van der Waals surface area contributed by atoms with Gasteiger partial charge in [-0.3, -0.25) is 4.57 Å². The van der Waals surface area contributed by atoms with Gasteiger partial charge in [0, 0.05) is 12.8 Å². The van der Waals surface area contributed by atoms with E-state index in [1.807, 2.05) is 0 Å². The van der Waals surface area contributed by atoms with Crippen LogP contribution in [-0.2, 0) is 9.30 Å². The van der Waals surface area contributed by atoms with Crippen LogP contribution in [-0.4, -0.2) is 68.9 Å². The standard InChI is InChI=1S/C8H17O7P/c1-16(13,14)3-2-4-5(9)6(10)7(11)8(12)15-4/h4-12H,2-3H2,1H3,(H,13,14)/t4-,5-,6+,7+,8+/m1/s1. The first-order chi connectivity index (χ1) is 7.22. The maximum absolute atomic E-state index is 11.0. The van der Waals surface area contributed by atoms with E-state index in [0.717, 1.165) is 0 Å². The third kappa shape index (κ3) is 3.49. The van der Waals surface area contributed by atoms with Crippen molar-refractivity contribution in [2.75, 3.05) is 12.8 Å². The van der Waals surface area contributed by atoms with Crippen LogP contribution in [0.2, 0.25) is 0 Å². The topological polar surface area (TPSA) is 127 Å². The van der Waals surface area contributed by atoms with Crippen LogP contribution in [0.5, 0.6) is 0 Å². The molecule has 1 fully saturated rings. The van der Waals surface area contributed by atoms with Crippen LogP contribution < -0.4 is 0 Å². The summed E-state index contributed by atoms with van der Waals surface area (Å²) in [5, 5.41) is 37.2. The Kier molecular flexibility index (Phi) is 4.48. The molecule has 7 nitrogen and oxygen atoms in total. The fraction of sp³-hybridized carbons (Fsp3) is 1.00. The Bertz CT molecular complexity index is 278. The lowest BCUT2D eigenvalue weighted by molar-refractivity contribution is -0.281. The van der Waals surface area contributed by atoms with Gasteiger partial charge < -0.3 is 30.1 Å². The minimum atomic E-state index is -3.23. The molecule has 0 spiro atoms. The van der Waals surface area contributed by atoms with Gasteiger partial charge in [0.25, 0.3) is 0 Å². The lowest BCUT2D eigenvalue weighted by Crippen LogP contribution is -2.57. The largest absolute Gasteiger partial charge is 0.388 e. The highest BCUT2D eigenvalue weighted by molar-refractivity contribution is 7.57. The van der Waals surface area contributed by atoms with E-state index in [2.05, 4.69) is 0 Å². The molecule has 0 amide bonds. The fourth-order valence-electron chi connectivity index (χ4n) is 1.54. The van der Waals surface area contributed by atoms with Crippen molar-refractivity contribution in [3.8, 4) is 0 Å². The summed E-state index contributed by atoms with van der Waals surface area (Å²) in [5.41, 5.74) is 0. The highest BCUT2D eigenvalue weighted by Gasteiger charge is 2.42. The number of aliphatic hydroxyl groups excluding tert-OH is 4. The summed E-state index contributed by atoms with van der Waals surface area (Å²) in [6.07, 6.45) is -7.12. The molecule has 5 N–H and O–H groups in total. The molecule has 0 saturated carbocycles. The second kappa shape index (κ2) is 5.10. The van der Waals surface area contributed by atoms with Crippen LogP contribution >= 0.6 is 7.37 Å². The molecule has 1 aliphatic heterocycles. The van der Waals surface area contributed by atoms with Crippen molar-refractivity contribution in [2.45, 2.75) is 37.1 Å². The monoisotopic (exact) mass is 256 g/mol. The molecule has 96 valence electrons. The predicted molar refractivity (Wildman–Crippen MR) is 54.1 cm³/mol. The third-order valence-corrected chi connectivity index (χ3v) is 3.60. The third-order valence-electron chi connectivity index (χ3n) is 2.52. The number of hydrogen-bond acceptors (Lipinski definition) is 6. The Morgan fingerprint density at radius 3 is 2.19 bits per heavy atom. The van der Waals surface area contributed by atoms with Crippen molar-refractivity contribution in [2.24, 2.45) is 0 Å². The number of ether oxygens (including phenoxy) is 1. The van der Waals surface area contributed by atoms with Gasteiger partial charge in [-0.15, -0.1) is 0 Å². The van der Waals surface area contributed by atoms with Crippen LogP contribution in [0.4, 0.5) is 0 Å². The van der Waals surface area contributed by atoms with Crippen molar-refractivity contribution in [3.63, 3.8) is 0 Å². The molecule has 0 aromatic rings.